The molecule has 2 aromatic rings. The van der Waals surface area contributed by atoms with Gasteiger partial charge in [-0.1, -0.05) is 68.2 Å². The maximum Gasteiger partial charge on any atom is 0.229 e. The Labute approximate surface area is 194 Å². The second kappa shape index (κ2) is 9.62. The third-order valence-corrected chi connectivity index (χ3v) is 6.98. The zero-order valence-corrected chi connectivity index (χ0v) is 19.8. The van der Waals surface area contributed by atoms with E-state index in [1.807, 2.05) is 60.4 Å². The Morgan fingerprint density at radius 1 is 1.10 bits per heavy atom. The van der Waals surface area contributed by atoms with Gasteiger partial charge in [0.15, 0.2) is 0 Å². The van der Waals surface area contributed by atoms with Crippen LogP contribution in [-0.2, 0) is 9.59 Å². The van der Waals surface area contributed by atoms with Crippen LogP contribution in [0.2, 0.25) is 10.0 Å². The number of primary amides is 1. The summed E-state index contributed by atoms with van der Waals surface area (Å²) in [6.07, 6.45) is 2.18. The summed E-state index contributed by atoms with van der Waals surface area (Å²) < 4.78 is 0. The first-order valence-electron chi connectivity index (χ1n) is 10.8. The molecule has 0 spiro atoms. The molecule has 2 N–H and O–H groups in total. The Bertz CT molecular complexity index is 943. The highest BCUT2D eigenvalue weighted by atomic mass is 35.5. The van der Waals surface area contributed by atoms with Crippen molar-refractivity contribution < 1.29 is 9.59 Å². The van der Waals surface area contributed by atoms with Gasteiger partial charge in [0, 0.05) is 28.4 Å². The van der Waals surface area contributed by atoms with Crippen molar-refractivity contribution in [1.29, 1.82) is 0 Å². The van der Waals surface area contributed by atoms with Crippen molar-refractivity contribution in [3.63, 3.8) is 0 Å². The van der Waals surface area contributed by atoms with Crippen LogP contribution in [0.15, 0.2) is 48.5 Å². The van der Waals surface area contributed by atoms with E-state index >= 15 is 0 Å². The van der Waals surface area contributed by atoms with Gasteiger partial charge in [0.25, 0.3) is 0 Å². The molecule has 4 nitrogen and oxygen atoms in total. The average molecular weight is 461 g/mol. The van der Waals surface area contributed by atoms with Gasteiger partial charge in [-0.05, 0) is 54.7 Å². The number of piperidine rings is 1. The molecule has 1 fully saturated rings. The summed E-state index contributed by atoms with van der Waals surface area (Å²) in [5, 5.41) is 1.30. The van der Waals surface area contributed by atoms with Crippen LogP contribution in [0.25, 0.3) is 0 Å². The maximum absolute atomic E-state index is 13.9. The first-order chi connectivity index (χ1) is 14.7. The molecule has 6 heteroatoms. The number of rotatable bonds is 7. The minimum absolute atomic E-state index is 0.0155. The molecule has 166 valence electrons. The number of hydrogen-bond acceptors (Lipinski definition) is 2. The largest absolute Gasteiger partial charge is 0.370 e. The van der Waals surface area contributed by atoms with Crippen molar-refractivity contribution in [1.82, 2.24) is 4.90 Å². The van der Waals surface area contributed by atoms with Crippen molar-refractivity contribution in [3.05, 3.63) is 69.7 Å². The standard InChI is InChI=1S/C25H30Cl2N2O2/c1-4-20(5-2)29-23(16-9-11-18(26)12-10-16)21(17-7-6-8-19(27)13-17)14-25(3,24(29)31)15-22(28)30/h6-13,20-21,23H,4-5,14-15H2,1-3H3,(H2,28,30). The van der Waals surface area contributed by atoms with E-state index in [-0.39, 0.29) is 30.3 Å². The number of carbonyl (C=O) groups excluding carboxylic acids is 2. The normalized spacial score (nSPS) is 23.9. The minimum atomic E-state index is -0.871. The molecule has 31 heavy (non-hydrogen) atoms. The summed E-state index contributed by atoms with van der Waals surface area (Å²) in [5.74, 6) is -0.518. The van der Waals surface area contributed by atoms with Gasteiger partial charge >= 0.3 is 0 Å². The van der Waals surface area contributed by atoms with Crippen LogP contribution in [0.4, 0.5) is 0 Å². The Morgan fingerprint density at radius 2 is 1.74 bits per heavy atom. The fraction of sp³-hybridized carbons (Fsp3) is 0.440. The van der Waals surface area contributed by atoms with Gasteiger partial charge in [-0.15, -0.1) is 0 Å². The maximum atomic E-state index is 13.9. The Kier molecular flexibility index (Phi) is 7.33. The van der Waals surface area contributed by atoms with Crippen molar-refractivity contribution in [2.45, 2.75) is 64.5 Å². The number of likely N-dealkylation sites (tertiary alicyclic amines) is 1. The highest BCUT2D eigenvalue weighted by Crippen LogP contribution is 2.52. The number of nitrogens with two attached hydrogens (primary N) is 1. The SMILES string of the molecule is CCC(CC)N1C(=O)C(C)(CC(N)=O)CC(c2cccc(Cl)c2)C1c1ccc(Cl)cc1. The Morgan fingerprint density at radius 3 is 2.29 bits per heavy atom. The first-order valence-corrected chi connectivity index (χ1v) is 11.6. The van der Waals surface area contributed by atoms with E-state index in [1.165, 1.54) is 0 Å². The van der Waals surface area contributed by atoms with Crippen LogP contribution >= 0.6 is 23.2 Å². The molecular weight excluding hydrogens is 431 g/mol. The smallest absolute Gasteiger partial charge is 0.229 e. The molecule has 2 amide bonds. The number of halogens is 2. The fourth-order valence-corrected chi connectivity index (χ4v) is 5.34. The summed E-state index contributed by atoms with van der Waals surface area (Å²) in [5.41, 5.74) is 6.78. The second-order valence-electron chi connectivity index (χ2n) is 8.75. The highest BCUT2D eigenvalue weighted by molar-refractivity contribution is 6.30. The van der Waals surface area contributed by atoms with Crippen LogP contribution in [-0.4, -0.2) is 22.8 Å². The monoisotopic (exact) mass is 460 g/mol. The molecule has 3 unspecified atom stereocenters. The third-order valence-electron chi connectivity index (χ3n) is 6.49. The summed E-state index contributed by atoms with van der Waals surface area (Å²) in [7, 11) is 0. The quantitative estimate of drug-likeness (QED) is 0.540. The lowest BCUT2D eigenvalue weighted by atomic mass is 9.67. The van der Waals surface area contributed by atoms with Crippen LogP contribution in [0.5, 0.6) is 0 Å². The van der Waals surface area contributed by atoms with Crippen molar-refractivity contribution in [3.8, 4) is 0 Å². The van der Waals surface area contributed by atoms with E-state index in [4.69, 9.17) is 28.9 Å². The molecule has 0 bridgehead atoms. The predicted octanol–water partition coefficient (Wildman–Crippen LogP) is 6.12. The average Bonchev–Trinajstić information content (AvgIpc) is 2.72. The zero-order valence-electron chi connectivity index (χ0n) is 18.3. The summed E-state index contributed by atoms with van der Waals surface area (Å²) in [6, 6.07) is 15.3. The molecule has 3 rings (SSSR count). The van der Waals surface area contributed by atoms with Gasteiger partial charge in [-0.3, -0.25) is 9.59 Å². The van der Waals surface area contributed by atoms with E-state index in [1.54, 1.807) is 0 Å². The van der Waals surface area contributed by atoms with Gasteiger partial charge < -0.3 is 10.6 Å². The van der Waals surface area contributed by atoms with Gasteiger partial charge in [0.1, 0.15) is 0 Å². The number of amides is 2. The van der Waals surface area contributed by atoms with Gasteiger partial charge in [0.2, 0.25) is 11.8 Å². The molecule has 1 heterocycles. The van der Waals surface area contributed by atoms with E-state index in [2.05, 4.69) is 13.8 Å². The molecule has 1 aliphatic heterocycles. The Balaban J connectivity index is 2.22. The number of hydrogen-bond donors (Lipinski definition) is 1. The summed E-state index contributed by atoms with van der Waals surface area (Å²) >= 11 is 12.5. The van der Waals surface area contributed by atoms with Crippen LogP contribution in [0.3, 0.4) is 0 Å². The molecular formula is C25H30Cl2N2O2. The van der Waals surface area contributed by atoms with Crippen molar-refractivity contribution >= 4 is 35.0 Å². The van der Waals surface area contributed by atoms with E-state index < -0.39 is 11.3 Å². The lowest BCUT2D eigenvalue weighted by molar-refractivity contribution is -0.157. The molecule has 1 saturated heterocycles. The number of benzene rings is 2. The lowest BCUT2D eigenvalue weighted by Crippen LogP contribution is -2.56. The van der Waals surface area contributed by atoms with Gasteiger partial charge in [0.05, 0.1) is 11.5 Å². The molecule has 0 saturated carbocycles. The van der Waals surface area contributed by atoms with E-state index in [0.717, 1.165) is 24.0 Å². The van der Waals surface area contributed by atoms with Crippen LogP contribution < -0.4 is 5.73 Å². The van der Waals surface area contributed by atoms with Gasteiger partial charge in [-0.25, -0.2) is 0 Å². The second-order valence-corrected chi connectivity index (χ2v) is 9.62. The number of nitrogens with zero attached hydrogens (tertiary/aromatic N) is 1. The summed E-state index contributed by atoms with van der Waals surface area (Å²) in [6.45, 7) is 6.05. The van der Waals surface area contributed by atoms with Crippen LogP contribution in [0.1, 0.15) is 69.5 Å². The third kappa shape index (κ3) is 4.91. The molecule has 1 aliphatic rings. The minimum Gasteiger partial charge on any atom is -0.370 e. The van der Waals surface area contributed by atoms with E-state index in [9.17, 15) is 9.59 Å². The van der Waals surface area contributed by atoms with Crippen molar-refractivity contribution in [2.75, 3.05) is 0 Å². The molecule has 0 aromatic heterocycles. The molecule has 0 aliphatic carbocycles. The summed E-state index contributed by atoms with van der Waals surface area (Å²) in [4.78, 5) is 27.8. The topological polar surface area (TPSA) is 63.4 Å². The van der Waals surface area contributed by atoms with Gasteiger partial charge in [-0.2, -0.15) is 0 Å². The Hall–Kier alpha value is -2.04. The highest BCUT2D eigenvalue weighted by Gasteiger charge is 2.51. The lowest BCUT2D eigenvalue weighted by Gasteiger charge is -2.52. The number of carbonyl (C=O) groups is 2. The first kappa shape index (κ1) is 23.6. The van der Waals surface area contributed by atoms with Crippen molar-refractivity contribution in [2.24, 2.45) is 11.1 Å². The molecule has 0 radical (unpaired) electrons. The zero-order chi connectivity index (χ0) is 22.8. The molecule has 2 aromatic carbocycles. The fourth-order valence-electron chi connectivity index (χ4n) is 5.01. The molecule has 3 atom stereocenters. The predicted molar refractivity (Wildman–Crippen MR) is 126 cm³/mol. The van der Waals surface area contributed by atoms with E-state index in [0.29, 0.717) is 16.5 Å². The van der Waals surface area contributed by atoms with Crippen LogP contribution in [0, 0.1) is 5.41 Å².